The lowest BCUT2D eigenvalue weighted by atomic mass is 10.1. The van der Waals surface area contributed by atoms with Gasteiger partial charge in [-0.1, -0.05) is 0 Å². The zero-order valence-corrected chi connectivity index (χ0v) is 14.2. The molecule has 112 valence electrons. The molecule has 0 amide bonds. The van der Waals surface area contributed by atoms with Crippen molar-refractivity contribution in [2.75, 3.05) is 10.0 Å². The van der Waals surface area contributed by atoms with Crippen LogP contribution in [0.1, 0.15) is 18.1 Å². The van der Waals surface area contributed by atoms with Crippen LogP contribution >= 0.6 is 35.5 Å². The van der Waals surface area contributed by atoms with Gasteiger partial charge in [-0.25, -0.2) is 0 Å². The minimum absolute atomic E-state index is 0.0474. The molecule has 1 aliphatic heterocycles. The van der Waals surface area contributed by atoms with Gasteiger partial charge in [-0.3, -0.25) is 0 Å². The minimum Gasteiger partial charge on any atom is -0.467 e. The first-order chi connectivity index (χ1) is 10.7. The molecule has 2 N–H and O–H groups in total. The average Bonchev–Trinajstić information content (AvgIpc) is 2.88. The third-order valence-corrected chi connectivity index (χ3v) is 5.17. The second-order valence-electron chi connectivity index (χ2n) is 4.88. The van der Waals surface area contributed by atoms with Crippen LogP contribution in [0.15, 0.2) is 33.9 Å². The van der Waals surface area contributed by atoms with Gasteiger partial charge in [0.1, 0.15) is 12.2 Å². The molecule has 2 aromatic rings. The Kier molecular flexibility index (Phi) is 4.52. The first-order valence-electron chi connectivity index (χ1n) is 6.65. The molecule has 4 nitrogen and oxygen atoms in total. The van der Waals surface area contributed by atoms with Gasteiger partial charge in [-0.2, -0.15) is 5.26 Å². The molecular weight excluding hydrogens is 334 g/mol. The first-order valence-corrected chi connectivity index (χ1v) is 8.82. The summed E-state index contributed by atoms with van der Waals surface area (Å²) < 4.78 is 8.83. The Balaban J connectivity index is 1.76. The van der Waals surface area contributed by atoms with E-state index in [1.165, 1.54) is 23.3 Å². The fourth-order valence-corrected chi connectivity index (χ4v) is 4.09. The maximum absolute atomic E-state index is 9.03. The van der Waals surface area contributed by atoms with E-state index in [2.05, 4.69) is 22.2 Å². The van der Waals surface area contributed by atoms with Crippen LogP contribution in [0.5, 0.6) is 0 Å². The Hall–Kier alpha value is -1.75. The summed E-state index contributed by atoms with van der Waals surface area (Å²) >= 11 is 8.11. The van der Waals surface area contributed by atoms with Crippen molar-refractivity contribution in [3.8, 4) is 6.07 Å². The lowest BCUT2D eigenvalue weighted by molar-refractivity contribution is 0.217. The second kappa shape index (κ2) is 6.57. The van der Waals surface area contributed by atoms with Crippen molar-refractivity contribution in [1.82, 2.24) is 0 Å². The topological polar surface area (TPSA) is 57.1 Å². The molecule has 1 aliphatic rings. The summed E-state index contributed by atoms with van der Waals surface area (Å²) in [7, 11) is 0. The van der Waals surface area contributed by atoms with Crippen LogP contribution in [0.4, 0.5) is 11.4 Å². The maximum atomic E-state index is 9.03. The molecule has 2 heterocycles. The number of rotatable bonds is 3. The van der Waals surface area contributed by atoms with E-state index in [-0.39, 0.29) is 6.10 Å². The van der Waals surface area contributed by atoms with Crippen molar-refractivity contribution in [2.24, 2.45) is 0 Å². The summed E-state index contributed by atoms with van der Waals surface area (Å²) in [5.74, 6) is 0. The number of thiophene rings is 1. The van der Waals surface area contributed by atoms with Crippen LogP contribution in [0.3, 0.4) is 0 Å². The largest absolute Gasteiger partial charge is 0.467 e. The zero-order valence-electron chi connectivity index (χ0n) is 11.8. The summed E-state index contributed by atoms with van der Waals surface area (Å²) in [6.07, 6.45) is 0.844. The third-order valence-electron chi connectivity index (χ3n) is 3.18. The van der Waals surface area contributed by atoms with Gasteiger partial charge in [0.05, 0.1) is 10.5 Å². The van der Waals surface area contributed by atoms with Crippen LogP contribution in [0.25, 0.3) is 0 Å². The molecule has 7 heteroatoms. The normalized spacial score (nSPS) is 16.7. The van der Waals surface area contributed by atoms with Crippen molar-refractivity contribution in [1.29, 1.82) is 5.26 Å². The van der Waals surface area contributed by atoms with Crippen molar-refractivity contribution in [2.45, 2.75) is 24.3 Å². The molecule has 0 bridgehead atoms. The van der Waals surface area contributed by atoms with E-state index in [0.717, 1.165) is 28.3 Å². The highest BCUT2D eigenvalue weighted by Crippen LogP contribution is 2.30. The van der Waals surface area contributed by atoms with E-state index in [1.807, 2.05) is 29.8 Å². The van der Waals surface area contributed by atoms with Crippen LogP contribution < -0.4 is 10.0 Å². The molecule has 0 spiro atoms. The van der Waals surface area contributed by atoms with Crippen molar-refractivity contribution in [3.05, 3.63) is 40.1 Å². The number of nitriles is 1. The monoisotopic (exact) mass is 347 g/mol. The highest BCUT2D eigenvalue weighted by molar-refractivity contribution is 8.00. The fourth-order valence-electron chi connectivity index (χ4n) is 2.18. The number of fused-ring (bicyclic) bond motifs is 1. The molecule has 1 aromatic carbocycles. The summed E-state index contributed by atoms with van der Waals surface area (Å²) in [5.41, 5.74) is 3.83. The smallest absolute Gasteiger partial charge is 0.261 e. The Bertz CT molecular complexity index is 751. The summed E-state index contributed by atoms with van der Waals surface area (Å²) in [5, 5.41) is 16.4. The molecule has 0 radical (unpaired) electrons. The Morgan fingerprint density at radius 3 is 3.18 bits per heavy atom. The van der Waals surface area contributed by atoms with Crippen LogP contribution in [-0.2, 0) is 11.2 Å². The lowest BCUT2D eigenvalue weighted by Crippen LogP contribution is -2.16. The summed E-state index contributed by atoms with van der Waals surface area (Å²) in [6, 6.07) is 8.25. The molecule has 1 unspecified atom stereocenters. The van der Waals surface area contributed by atoms with Gasteiger partial charge in [0.25, 0.3) is 5.17 Å². The first kappa shape index (κ1) is 15.2. The number of benzene rings is 1. The maximum Gasteiger partial charge on any atom is 0.261 e. The number of hydrogen-bond donors (Lipinski definition) is 2. The lowest BCUT2D eigenvalue weighted by Gasteiger charge is -2.10. The minimum atomic E-state index is 0.0474. The quantitative estimate of drug-likeness (QED) is 0.634. The van der Waals surface area contributed by atoms with E-state index in [9.17, 15) is 0 Å². The number of nitrogens with zero attached hydrogens (tertiary/aromatic N) is 1. The van der Waals surface area contributed by atoms with Gasteiger partial charge >= 0.3 is 0 Å². The number of nitrogens with one attached hydrogen (secondary N) is 2. The van der Waals surface area contributed by atoms with E-state index in [1.54, 1.807) is 0 Å². The molecular formula is C15H13N3OS3. The van der Waals surface area contributed by atoms with Gasteiger partial charge in [-0.15, -0.1) is 11.3 Å². The van der Waals surface area contributed by atoms with Crippen molar-refractivity contribution < 1.29 is 4.74 Å². The molecule has 3 rings (SSSR count). The molecule has 22 heavy (non-hydrogen) atoms. The van der Waals surface area contributed by atoms with Crippen molar-refractivity contribution in [3.63, 3.8) is 0 Å². The number of anilines is 2. The molecule has 1 aromatic heterocycles. The Labute approximate surface area is 142 Å². The van der Waals surface area contributed by atoms with Crippen molar-refractivity contribution >= 4 is 52.1 Å². The second-order valence-corrected chi connectivity index (χ2v) is 6.85. The summed E-state index contributed by atoms with van der Waals surface area (Å²) in [4.78, 5) is 0.943. The van der Waals surface area contributed by atoms with Gasteiger partial charge in [0, 0.05) is 28.6 Å². The van der Waals surface area contributed by atoms with Gasteiger partial charge in [-0.05, 0) is 54.9 Å². The van der Waals surface area contributed by atoms with Gasteiger partial charge in [0.15, 0.2) is 0 Å². The van der Waals surface area contributed by atoms with E-state index in [4.69, 9.17) is 22.2 Å². The van der Waals surface area contributed by atoms with Crippen LogP contribution in [0, 0.1) is 11.3 Å². The Morgan fingerprint density at radius 1 is 1.50 bits per heavy atom. The number of ether oxygens (including phenoxy) is 1. The number of thiocarbonyl (C=S) groups is 1. The Morgan fingerprint density at radius 2 is 2.36 bits per heavy atom. The molecule has 1 atom stereocenters. The van der Waals surface area contributed by atoms with Gasteiger partial charge < -0.3 is 14.8 Å². The van der Waals surface area contributed by atoms with E-state index < -0.39 is 0 Å². The predicted octanol–water partition coefficient (Wildman–Crippen LogP) is 4.40. The highest BCUT2D eigenvalue weighted by Gasteiger charge is 2.17. The standard InChI is InChI=1S/C15H13N3OS3/c1-9-4-10-5-12(2-3-13(10)17-15(20)19-9)18-22-14-8-21-7-11(14)6-16/h2-3,5,7-9,18H,4H2,1H3,(H,17,20). The van der Waals surface area contributed by atoms with Gasteiger partial charge in [0.2, 0.25) is 0 Å². The molecule has 0 aliphatic carbocycles. The zero-order chi connectivity index (χ0) is 15.5. The SMILES string of the molecule is CC1Cc2cc(NSc3cscc3C#N)ccc2NC(=S)O1. The highest BCUT2D eigenvalue weighted by atomic mass is 32.2. The molecule has 0 fully saturated rings. The third kappa shape index (κ3) is 3.35. The molecule has 0 saturated carbocycles. The van der Waals surface area contributed by atoms with Crippen LogP contribution in [-0.4, -0.2) is 11.3 Å². The van der Waals surface area contributed by atoms with Crippen LogP contribution in [0.2, 0.25) is 0 Å². The average molecular weight is 347 g/mol. The number of hydrogen-bond acceptors (Lipinski definition) is 6. The molecule has 0 saturated heterocycles. The predicted molar refractivity (Wildman–Crippen MR) is 95.4 cm³/mol. The summed E-state index contributed by atoms with van der Waals surface area (Å²) in [6.45, 7) is 2.00. The van der Waals surface area contributed by atoms with E-state index in [0.29, 0.717) is 10.7 Å². The van der Waals surface area contributed by atoms with E-state index >= 15 is 0 Å². The fraction of sp³-hybridized carbons (Fsp3) is 0.200.